The Morgan fingerprint density at radius 2 is 2.09 bits per heavy atom. The molecule has 0 saturated carbocycles. The fourth-order valence-corrected chi connectivity index (χ4v) is 5.27. The minimum absolute atomic E-state index is 0.133. The van der Waals surface area contributed by atoms with Crippen LogP contribution in [-0.2, 0) is 4.79 Å². The lowest BCUT2D eigenvalue weighted by atomic mass is 9.77. The summed E-state index contributed by atoms with van der Waals surface area (Å²) < 4.78 is 39.5. The molecule has 2 amide bonds. The number of hydrogen-bond acceptors (Lipinski definition) is 6. The Labute approximate surface area is 192 Å². The van der Waals surface area contributed by atoms with Crippen LogP contribution in [0.4, 0.5) is 18.9 Å². The molecule has 174 valence electrons. The maximum atomic E-state index is 13.9. The Morgan fingerprint density at radius 3 is 2.79 bits per heavy atom. The van der Waals surface area contributed by atoms with Crippen LogP contribution in [-0.4, -0.2) is 71.6 Å². The number of carbonyl (C=O) groups is 2. The Kier molecular flexibility index (Phi) is 6.38. The zero-order valence-corrected chi connectivity index (χ0v) is 18.6. The van der Waals surface area contributed by atoms with Crippen LogP contribution in [0.25, 0.3) is 10.9 Å². The number of nitrogens with one attached hydrogen (secondary N) is 1. The van der Waals surface area contributed by atoms with E-state index in [9.17, 15) is 22.8 Å². The van der Waals surface area contributed by atoms with Crippen LogP contribution in [0.15, 0.2) is 30.5 Å². The van der Waals surface area contributed by atoms with Crippen LogP contribution in [0.1, 0.15) is 17.3 Å². The molecule has 1 N–H and O–H groups in total. The molecule has 2 aromatic rings. The highest BCUT2D eigenvalue weighted by Crippen LogP contribution is 2.41. The minimum Gasteiger partial charge on any atom is -0.370 e. The number of benzene rings is 1. The van der Waals surface area contributed by atoms with Crippen LogP contribution in [0.3, 0.4) is 0 Å². The molecule has 33 heavy (non-hydrogen) atoms. The summed E-state index contributed by atoms with van der Waals surface area (Å²) in [6.45, 7) is 1.52. The summed E-state index contributed by atoms with van der Waals surface area (Å²) in [6, 6.07) is 8.29. The van der Waals surface area contributed by atoms with E-state index >= 15 is 0 Å². The second-order valence-electron chi connectivity index (χ2n) is 8.50. The molecular formula is C22H22F3N5O2S. The zero-order valence-electron chi connectivity index (χ0n) is 17.8. The van der Waals surface area contributed by atoms with Crippen molar-refractivity contribution in [2.75, 3.05) is 36.2 Å². The first-order chi connectivity index (χ1) is 15.7. The molecule has 11 heteroatoms. The van der Waals surface area contributed by atoms with Gasteiger partial charge in [-0.3, -0.25) is 14.6 Å². The summed E-state index contributed by atoms with van der Waals surface area (Å²) in [7, 11) is 0. The number of aromatic nitrogens is 1. The largest absolute Gasteiger partial charge is 0.370 e. The molecule has 2 saturated heterocycles. The van der Waals surface area contributed by atoms with Crippen LogP contribution < -0.4 is 10.2 Å². The highest BCUT2D eigenvalue weighted by atomic mass is 32.2. The van der Waals surface area contributed by atoms with Crippen LogP contribution in [0.2, 0.25) is 0 Å². The number of alkyl halides is 3. The second-order valence-corrected chi connectivity index (χ2v) is 9.50. The highest BCUT2D eigenvalue weighted by molar-refractivity contribution is 7.99. The van der Waals surface area contributed by atoms with Gasteiger partial charge in [0.25, 0.3) is 12.3 Å². The molecule has 3 heterocycles. The van der Waals surface area contributed by atoms with Crippen LogP contribution in [0, 0.1) is 16.7 Å². The van der Waals surface area contributed by atoms with Gasteiger partial charge in [0.2, 0.25) is 5.91 Å². The number of rotatable bonds is 6. The number of halogens is 3. The van der Waals surface area contributed by atoms with Crippen LogP contribution in [0.5, 0.6) is 0 Å². The molecule has 0 radical (unpaired) electrons. The number of nitriles is 1. The van der Waals surface area contributed by atoms with Gasteiger partial charge in [-0.25, -0.2) is 13.2 Å². The zero-order chi connectivity index (χ0) is 23.8. The predicted molar refractivity (Wildman–Crippen MR) is 119 cm³/mol. The van der Waals surface area contributed by atoms with Crippen molar-refractivity contribution < 1.29 is 22.8 Å². The molecular weight excluding hydrogens is 455 g/mol. The van der Waals surface area contributed by atoms with Gasteiger partial charge in [0.05, 0.1) is 29.6 Å². The van der Waals surface area contributed by atoms with Crippen molar-refractivity contribution in [2.24, 2.45) is 5.41 Å². The molecule has 2 aliphatic rings. The Hall–Kier alpha value is -3.00. The van der Waals surface area contributed by atoms with E-state index in [-0.39, 0.29) is 25.5 Å². The Balaban J connectivity index is 1.48. The molecule has 0 aliphatic carbocycles. The summed E-state index contributed by atoms with van der Waals surface area (Å²) in [4.78, 5) is 32.7. The van der Waals surface area contributed by atoms with Crippen molar-refractivity contribution in [2.45, 2.75) is 25.6 Å². The van der Waals surface area contributed by atoms with Crippen molar-refractivity contribution >= 4 is 40.2 Å². The topological polar surface area (TPSA) is 89.3 Å². The van der Waals surface area contributed by atoms with Crippen molar-refractivity contribution in [1.82, 2.24) is 15.2 Å². The van der Waals surface area contributed by atoms with E-state index in [0.29, 0.717) is 33.8 Å². The second kappa shape index (κ2) is 9.09. The lowest BCUT2D eigenvalue weighted by molar-refractivity contribution is -0.129. The molecule has 2 unspecified atom stereocenters. The molecule has 1 aromatic carbocycles. The maximum Gasteiger partial charge on any atom is 0.270 e. The first kappa shape index (κ1) is 23.2. The number of hydrogen-bond donors (Lipinski definition) is 1. The molecule has 1 aromatic heterocycles. The summed E-state index contributed by atoms with van der Waals surface area (Å²) in [5, 5.41) is 12.3. The summed E-state index contributed by atoms with van der Waals surface area (Å²) in [5.41, 5.74) is 0.401. The number of anilines is 1. The Morgan fingerprint density at radius 1 is 1.33 bits per heavy atom. The molecule has 2 fully saturated rings. The summed E-state index contributed by atoms with van der Waals surface area (Å²) in [5.74, 6) is 0.153. The predicted octanol–water partition coefficient (Wildman–Crippen LogP) is 2.82. The van der Waals surface area contributed by atoms with E-state index < -0.39 is 30.0 Å². The van der Waals surface area contributed by atoms with Crippen molar-refractivity contribution in [1.29, 1.82) is 5.26 Å². The van der Waals surface area contributed by atoms with Crippen molar-refractivity contribution in [3.8, 4) is 6.07 Å². The SMILES string of the molecule is CC1(C(F)C(F)F)CN(c2ccc3nccc(C(=O)NCC(=O)N4CSCC4C#N)c3c2)C1. The fourth-order valence-electron chi connectivity index (χ4n) is 4.16. The number of amides is 2. The van der Waals surface area contributed by atoms with Gasteiger partial charge in [0.1, 0.15) is 6.04 Å². The smallest absolute Gasteiger partial charge is 0.270 e. The monoisotopic (exact) mass is 477 g/mol. The van der Waals surface area contributed by atoms with Gasteiger partial charge in [-0.05, 0) is 24.3 Å². The van der Waals surface area contributed by atoms with Gasteiger partial charge in [-0.15, -0.1) is 11.8 Å². The molecule has 0 bridgehead atoms. The van der Waals surface area contributed by atoms with Crippen LogP contribution >= 0.6 is 11.8 Å². The molecule has 4 rings (SSSR count). The molecule has 0 spiro atoms. The van der Waals surface area contributed by atoms with E-state index in [1.165, 1.54) is 35.8 Å². The third-order valence-corrected chi connectivity index (χ3v) is 7.09. The average Bonchev–Trinajstić information content (AvgIpc) is 3.28. The standard InChI is InChI=1S/C22H22F3N5O2S/c1-22(19(23)20(24)25)10-29(11-22)13-2-3-17-16(6-13)15(4-5-27-17)21(32)28-8-18(31)30-12-33-9-14(30)7-26/h2-6,14,19-20H,8-12H2,1H3,(H,28,32). The van der Waals surface area contributed by atoms with Gasteiger partial charge in [-0.2, -0.15) is 5.26 Å². The van der Waals surface area contributed by atoms with Gasteiger partial charge >= 0.3 is 0 Å². The van der Waals surface area contributed by atoms with E-state index in [4.69, 9.17) is 5.26 Å². The average molecular weight is 478 g/mol. The quantitative estimate of drug-likeness (QED) is 0.688. The fraction of sp³-hybridized carbons (Fsp3) is 0.455. The van der Waals surface area contributed by atoms with E-state index in [0.717, 1.165) is 0 Å². The summed E-state index contributed by atoms with van der Waals surface area (Å²) >= 11 is 1.48. The van der Waals surface area contributed by atoms with Gasteiger partial charge in [-0.1, -0.05) is 6.92 Å². The third-order valence-electron chi connectivity index (χ3n) is 6.08. The Bertz CT molecular complexity index is 1120. The summed E-state index contributed by atoms with van der Waals surface area (Å²) in [6.07, 6.45) is -3.75. The van der Waals surface area contributed by atoms with Crippen molar-refractivity contribution in [3.05, 3.63) is 36.0 Å². The molecule has 2 aliphatic heterocycles. The highest BCUT2D eigenvalue weighted by Gasteiger charge is 2.49. The lowest BCUT2D eigenvalue weighted by Crippen LogP contribution is -2.61. The number of pyridine rings is 1. The van der Waals surface area contributed by atoms with Gasteiger partial charge in [0, 0.05) is 41.5 Å². The number of nitrogens with zero attached hydrogens (tertiary/aromatic N) is 4. The number of thioether (sulfide) groups is 1. The van der Waals surface area contributed by atoms with Gasteiger partial charge < -0.3 is 15.1 Å². The lowest BCUT2D eigenvalue weighted by Gasteiger charge is -2.50. The minimum atomic E-state index is -3.03. The first-order valence-electron chi connectivity index (χ1n) is 10.3. The third kappa shape index (κ3) is 4.44. The number of carbonyl (C=O) groups excluding carboxylic acids is 2. The van der Waals surface area contributed by atoms with E-state index in [2.05, 4.69) is 16.4 Å². The van der Waals surface area contributed by atoms with E-state index in [1.807, 2.05) is 0 Å². The first-order valence-corrected chi connectivity index (χ1v) is 11.5. The maximum absolute atomic E-state index is 13.9. The molecule has 7 nitrogen and oxygen atoms in total. The molecule has 2 atom stereocenters. The van der Waals surface area contributed by atoms with Crippen molar-refractivity contribution in [3.63, 3.8) is 0 Å². The number of fused-ring (bicyclic) bond motifs is 1. The normalized spacial score (nSPS) is 20.4. The van der Waals surface area contributed by atoms with E-state index in [1.54, 1.807) is 23.1 Å². The van der Waals surface area contributed by atoms with Gasteiger partial charge in [0.15, 0.2) is 6.17 Å².